The van der Waals surface area contributed by atoms with Gasteiger partial charge in [0.25, 0.3) is 0 Å². The Kier molecular flexibility index (Phi) is 3.63. The summed E-state index contributed by atoms with van der Waals surface area (Å²) in [7, 11) is 0. The van der Waals surface area contributed by atoms with Gasteiger partial charge in [0.1, 0.15) is 18.0 Å². The van der Waals surface area contributed by atoms with Gasteiger partial charge in [-0.1, -0.05) is 36.4 Å². The maximum atomic E-state index is 13.5. The lowest BCUT2D eigenvalue weighted by atomic mass is 10.2. The molecule has 24 heavy (non-hydrogen) atoms. The van der Waals surface area contributed by atoms with Crippen LogP contribution in [0.15, 0.2) is 67.1 Å². The number of aromatic nitrogens is 4. The summed E-state index contributed by atoms with van der Waals surface area (Å²) in [6.45, 7) is 0.651. The van der Waals surface area contributed by atoms with Gasteiger partial charge in [-0.2, -0.15) is 5.10 Å². The minimum Gasteiger partial charge on any atom is -0.365 e. The van der Waals surface area contributed by atoms with Gasteiger partial charge in [0, 0.05) is 6.54 Å². The van der Waals surface area contributed by atoms with Gasteiger partial charge < -0.3 is 5.32 Å². The maximum absolute atomic E-state index is 13.5. The summed E-state index contributed by atoms with van der Waals surface area (Å²) in [6, 6.07) is 16.3. The highest BCUT2D eigenvalue weighted by atomic mass is 19.1. The smallest absolute Gasteiger partial charge is 0.168 e. The van der Waals surface area contributed by atoms with Crippen molar-refractivity contribution in [1.29, 1.82) is 0 Å². The van der Waals surface area contributed by atoms with Crippen molar-refractivity contribution in [3.05, 3.63) is 78.5 Å². The van der Waals surface area contributed by atoms with E-state index in [1.807, 2.05) is 30.3 Å². The molecule has 0 unspecified atom stereocenters. The fraction of sp³-hybridized carbons (Fsp3) is 0.0556. The molecule has 1 N–H and O–H groups in total. The normalized spacial score (nSPS) is 10.9. The molecule has 2 aromatic heterocycles. The highest BCUT2D eigenvalue weighted by Crippen LogP contribution is 2.22. The summed E-state index contributed by atoms with van der Waals surface area (Å²) in [5.74, 6) is 0.388. The van der Waals surface area contributed by atoms with Gasteiger partial charge in [-0.3, -0.25) is 0 Å². The van der Waals surface area contributed by atoms with Gasteiger partial charge in [0.05, 0.1) is 17.3 Å². The van der Waals surface area contributed by atoms with Crippen LogP contribution in [-0.2, 0) is 6.54 Å². The van der Waals surface area contributed by atoms with Gasteiger partial charge >= 0.3 is 0 Å². The van der Waals surface area contributed by atoms with Crippen LogP contribution in [0.4, 0.5) is 10.2 Å². The fourth-order valence-corrected chi connectivity index (χ4v) is 2.56. The summed E-state index contributed by atoms with van der Waals surface area (Å²) in [5, 5.41) is 8.42. The fourth-order valence-electron chi connectivity index (χ4n) is 2.56. The van der Waals surface area contributed by atoms with Crippen LogP contribution in [0.25, 0.3) is 16.7 Å². The van der Waals surface area contributed by atoms with Crippen LogP contribution < -0.4 is 5.32 Å². The molecule has 0 aliphatic rings. The van der Waals surface area contributed by atoms with Crippen molar-refractivity contribution < 1.29 is 4.39 Å². The summed E-state index contributed by atoms with van der Waals surface area (Å²) in [4.78, 5) is 8.59. The first kappa shape index (κ1) is 14.3. The lowest BCUT2D eigenvalue weighted by Crippen LogP contribution is -2.03. The number of nitrogens with one attached hydrogen (secondary N) is 1. The maximum Gasteiger partial charge on any atom is 0.168 e. The van der Waals surface area contributed by atoms with E-state index in [2.05, 4.69) is 20.4 Å². The molecule has 5 nitrogen and oxygen atoms in total. The van der Waals surface area contributed by atoms with Gasteiger partial charge in [0.2, 0.25) is 0 Å². The third-order valence-corrected chi connectivity index (χ3v) is 3.72. The molecule has 0 aliphatic heterocycles. The SMILES string of the molecule is Fc1cccc(-n2ncc3c(NCc4ccccc4)ncnc32)c1. The highest BCUT2D eigenvalue weighted by molar-refractivity contribution is 5.87. The van der Waals surface area contributed by atoms with E-state index in [0.29, 0.717) is 23.7 Å². The number of anilines is 1. The third kappa shape index (κ3) is 2.69. The molecule has 2 aromatic carbocycles. The minimum atomic E-state index is -0.312. The molecule has 0 atom stereocenters. The van der Waals surface area contributed by atoms with Crippen molar-refractivity contribution in [2.24, 2.45) is 0 Å². The summed E-state index contributed by atoms with van der Waals surface area (Å²) in [5.41, 5.74) is 2.41. The number of hydrogen-bond acceptors (Lipinski definition) is 4. The van der Waals surface area contributed by atoms with Gasteiger partial charge in [0.15, 0.2) is 5.65 Å². The first-order valence-corrected chi connectivity index (χ1v) is 7.54. The average molecular weight is 319 g/mol. The molecular formula is C18H14FN5. The van der Waals surface area contributed by atoms with Crippen molar-refractivity contribution >= 4 is 16.9 Å². The Bertz CT molecular complexity index is 981. The first-order valence-electron chi connectivity index (χ1n) is 7.54. The van der Waals surface area contributed by atoms with Crippen molar-refractivity contribution in [1.82, 2.24) is 19.7 Å². The molecule has 4 rings (SSSR count). The molecule has 118 valence electrons. The predicted molar refractivity (Wildman–Crippen MR) is 90.4 cm³/mol. The lowest BCUT2D eigenvalue weighted by molar-refractivity contribution is 0.625. The second kappa shape index (κ2) is 6.08. The summed E-state index contributed by atoms with van der Waals surface area (Å²) >= 11 is 0. The van der Waals surface area contributed by atoms with Crippen LogP contribution in [0.2, 0.25) is 0 Å². The molecule has 0 aliphatic carbocycles. The predicted octanol–water partition coefficient (Wildman–Crippen LogP) is 3.57. The third-order valence-electron chi connectivity index (χ3n) is 3.72. The second-order valence-electron chi connectivity index (χ2n) is 5.33. The van der Waals surface area contributed by atoms with E-state index in [1.54, 1.807) is 23.0 Å². The molecule has 0 saturated heterocycles. The van der Waals surface area contributed by atoms with E-state index in [9.17, 15) is 4.39 Å². The molecule has 6 heteroatoms. The Morgan fingerprint density at radius 1 is 1.00 bits per heavy atom. The Hall–Kier alpha value is -3.28. The Morgan fingerprint density at radius 2 is 1.88 bits per heavy atom. The van der Waals surface area contributed by atoms with Crippen LogP contribution in [0, 0.1) is 5.82 Å². The summed E-state index contributed by atoms with van der Waals surface area (Å²) < 4.78 is 15.1. The van der Waals surface area contributed by atoms with Crippen molar-refractivity contribution in [2.75, 3.05) is 5.32 Å². The average Bonchev–Trinajstić information content (AvgIpc) is 3.05. The van der Waals surface area contributed by atoms with Crippen molar-refractivity contribution in [2.45, 2.75) is 6.54 Å². The van der Waals surface area contributed by atoms with E-state index < -0.39 is 0 Å². The second-order valence-corrected chi connectivity index (χ2v) is 5.33. The number of rotatable bonds is 4. The number of fused-ring (bicyclic) bond motifs is 1. The van der Waals surface area contributed by atoms with Crippen molar-refractivity contribution in [3.63, 3.8) is 0 Å². The highest BCUT2D eigenvalue weighted by Gasteiger charge is 2.11. The molecule has 0 fully saturated rings. The number of benzene rings is 2. The topological polar surface area (TPSA) is 55.6 Å². The first-order chi connectivity index (χ1) is 11.8. The Labute approximate surface area is 137 Å². The number of nitrogens with zero attached hydrogens (tertiary/aromatic N) is 4. The monoisotopic (exact) mass is 319 g/mol. The molecule has 4 aromatic rings. The van der Waals surface area contributed by atoms with Gasteiger partial charge in [-0.05, 0) is 23.8 Å². The number of halogens is 1. The Morgan fingerprint density at radius 3 is 2.71 bits per heavy atom. The minimum absolute atomic E-state index is 0.312. The summed E-state index contributed by atoms with van der Waals surface area (Å²) in [6.07, 6.45) is 3.17. The quantitative estimate of drug-likeness (QED) is 0.625. The lowest BCUT2D eigenvalue weighted by Gasteiger charge is -2.07. The molecule has 0 radical (unpaired) electrons. The molecule has 2 heterocycles. The molecule has 0 saturated carbocycles. The van der Waals surface area contributed by atoms with Gasteiger partial charge in [-0.15, -0.1) is 0 Å². The van der Waals surface area contributed by atoms with Crippen molar-refractivity contribution in [3.8, 4) is 5.69 Å². The zero-order chi connectivity index (χ0) is 16.4. The van der Waals surface area contributed by atoms with Crippen LogP contribution in [0.5, 0.6) is 0 Å². The molecule has 0 amide bonds. The van der Waals surface area contributed by atoms with Crippen LogP contribution in [0.1, 0.15) is 5.56 Å². The Balaban J connectivity index is 1.69. The number of hydrogen-bond donors (Lipinski definition) is 1. The zero-order valence-electron chi connectivity index (χ0n) is 12.7. The van der Waals surface area contributed by atoms with E-state index in [-0.39, 0.29) is 5.82 Å². The van der Waals surface area contributed by atoms with Crippen LogP contribution in [-0.4, -0.2) is 19.7 Å². The van der Waals surface area contributed by atoms with E-state index in [0.717, 1.165) is 10.9 Å². The van der Waals surface area contributed by atoms with Gasteiger partial charge in [-0.25, -0.2) is 19.0 Å². The van der Waals surface area contributed by atoms with E-state index in [1.165, 1.54) is 18.5 Å². The van der Waals surface area contributed by atoms with E-state index in [4.69, 9.17) is 0 Å². The molecule has 0 spiro atoms. The molecule has 0 bridgehead atoms. The van der Waals surface area contributed by atoms with Crippen LogP contribution in [0.3, 0.4) is 0 Å². The largest absolute Gasteiger partial charge is 0.365 e. The molecular weight excluding hydrogens is 305 g/mol. The van der Waals surface area contributed by atoms with E-state index >= 15 is 0 Å². The standard InChI is InChI=1S/C18H14FN5/c19-14-7-4-8-15(9-14)24-18-16(11-23-24)17(21-12-22-18)20-10-13-5-2-1-3-6-13/h1-9,11-12H,10H2,(H,20,21,22). The zero-order valence-corrected chi connectivity index (χ0v) is 12.7. The van der Waals surface area contributed by atoms with Crippen LogP contribution >= 0.6 is 0 Å².